The third-order valence-corrected chi connectivity index (χ3v) is 6.44. The van der Waals surface area contributed by atoms with Crippen molar-refractivity contribution in [1.82, 2.24) is 4.31 Å². The average Bonchev–Trinajstić information content (AvgIpc) is 2.80. The Kier molecular flexibility index (Phi) is 12.2. The number of ether oxygens (including phenoxy) is 1. The van der Waals surface area contributed by atoms with Crippen molar-refractivity contribution in [2.75, 3.05) is 6.61 Å². The van der Waals surface area contributed by atoms with Crippen molar-refractivity contribution in [1.29, 1.82) is 0 Å². The summed E-state index contributed by atoms with van der Waals surface area (Å²) < 4.78 is 33.5. The van der Waals surface area contributed by atoms with Gasteiger partial charge in [0.2, 0.25) is 10.0 Å². The second-order valence-electron chi connectivity index (χ2n) is 7.09. The summed E-state index contributed by atoms with van der Waals surface area (Å²) in [4.78, 5) is 11.0. The fraction of sp³-hybridized carbons (Fsp3) is 0.346. The molecule has 0 aromatic heterocycles. The Morgan fingerprint density at radius 2 is 1.70 bits per heavy atom. The lowest BCUT2D eigenvalue weighted by Gasteiger charge is -2.23. The molecule has 2 aromatic carbocycles. The summed E-state index contributed by atoms with van der Waals surface area (Å²) in [5.74, 6) is -0.695. The summed E-state index contributed by atoms with van der Waals surface area (Å²) >= 11 is 0. The van der Waals surface area contributed by atoms with Crippen LogP contribution in [0, 0.1) is 6.92 Å². The first-order valence-corrected chi connectivity index (χ1v) is 12.5. The number of aryl methyl sites for hydroxylation is 1. The number of aliphatic carboxylic acids is 1. The predicted octanol–water partition coefficient (Wildman–Crippen LogP) is 5.69. The van der Waals surface area contributed by atoms with Crippen LogP contribution in [0.3, 0.4) is 0 Å². The van der Waals surface area contributed by atoms with Crippen molar-refractivity contribution < 1.29 is 23.1 Å². The highest BCUT2D eigenvalue weighted by Crippen LogP contribution is 2.23. The standard InChI is InChI=1S/C24H29NO5S.C2H6/c1-4-6-10-23(5-2)31(28,29)25(16-20-13-11-19(3)12-14-20)17-21-8-7-9-22(15-21)30-18-24(26)27;1-2/h5-15H,4,16-18H2,1-3H3,(H,26,27);1-2H3/b10-6-,23-5+;. The van der Waals surface area contributed by atoms with Crippen LogP contribution in [-0.2, 0) is 27.9 Å². The maximum atomic E-state index is 13.4. The fourth-order valence-electron chi connectivity index (χ4n) is 2.92. The van der Waals surface area contributed by atoms with Crippen LogP contribution in [0.25, 0.3) is 0 Å². The van der Waals surface area contributed by atoms with Crippen molar-refractivity contribution in [3.63, 3.8) is 0 Å². The van der Waals surface area contributed by atoms with E-state index >= 15 is 0 Å². The van der Waals surface area contributed by atoms with Gasteiger partial charge in [0.1, 0.15) is 5.75 Å². The maximum absolute atomic E-state index is 13.4. The summed E-state index contributed by atoms with van der Waals surface area (Å²) in [7, 11) is -3.76. The molecule has 7 heteroatoms. The number of hydrogen-bond acceptors (Lipinski definition) is 4. The molecule has 0 fully saturated rings. The van der Waals surface area contributed by atoms with Crippen LogP contribution in [0.1, 0.15) is 50.8 Å². The highest BCUT2D eigenvalue weighted by molar-refractivity contribution is 7.93. The SMILES string of the molecule is C/C=C(\C=C/CC)S(=O)(=O)N(Cc1ccc(C)cc1)Cc1cccc(OCC(=O)O)c1.CC. The number of nitrogens with zero attached hydrogens (tertiary/aromatic N) is 1. The minimum Gasteiger partial charge on any atom is -0.482 e. The Labute approximate surface area is 198 Å². The third kappa shape index (κ3) is 9.24. The van der Waals surface area contributed by atoms with E-state index < -0.39 is 22.6 Å². The number of sulfonamides is 1. The lowest BCUT2D eigenvalue weighted by molar-refractivity contribution is -0.139. The first-order valence-electron chi connectivity index (χ1n) is 11.1. The van der Waals surface area contributed by atoms with Gasteiger partial charge in [0.05, 0.1) is 4.91 Å². The largest absolute Gasteiger partial charge is 0.482 e. The van der Waals surface area contributed by atoms with E-state index in [1.807, 2.05) is 58.0 Å². The minimum absolute atomic E-state index is 0.123. The summed E-state index contributed by atoms with van der Waals surface area (Å²) in [5, 5.41) is 8.81. The molecule has 0 radical (unpaired) electrons. The van der Waals surface area contributed by atoms with E-state index in [1.165, 1.54) is 4.31 Å². The molecule has 0 aliphatic carbocycles. The first kappa shape index (κ1) is 28.1. The zero-order valence-electron chi connectivity index (χ0n) is 20.1. The Hall–Kier alpha value is -2.90. The van der Waals surface area contributed by atoms with Gasteiger partial charge < -0.3 is 9.84 Å². The number of carboxylic acids is 1. The van der Waals surface area contributed by atoms with E-state index in [-0.39, 0.29) is 18.0 Å². The van der Waals surface area contributed by atoms with Gasteiger partial charge in [0.25, 0.3) is 0 Å². The van der Waals surface area contributed by atoms with E-state index in [4.69, 9.17) is 9.84 Å². The summed E-state index contributed by atoms with van der Waals surface area (Å²) in [6, 6.07) is 14.6. The Morgan fingerprint density at radius 1 is 1.06 bits per heavy atom. The van der Waals surface area contributed by atoms with E-state index in [2.05, 4.69) is 0 Å². The van der Waals surface area contributed by atoms with Gasteiger partial charge in [-0.25, -0.2) is 13.2 Å². The zero-order valence-corrected chi connectivity index (χ0v) is 20.9. The van der Waals surface area contributed by atoms with Gasteiger partial charge in [-0.2, -0.15) is 4.31 Å². The van der Waals surface area contributed by atoms with Gasteiger partial charge >= 0.3 is 5.97 Å². The molecule has 6 nitrogen and oxygen atoms in total. The first-order chi connectivity index (χ1) is 15.8. The molecule has 0 atom stereocenters. The molecule has 0 saturated carbocycles. The van der Waals surface area contributed by atoms with Crippen LogP contribution in [0.4, 0.5) is 0 Å². The van der Waals surface area contributed by atoms with Crippen LogP contribution in [0.15, 0.2) is 71.7 Å². The molecule has 0 aliphatic heterocycles. The smallest absolute Gasteiger partial charge is 0.341 e. The summed E-state index contributed by atoms with van der Waals surface area (Å²) in [6.07, 6.45) is 5.77. The number of benzene rings is 2. The highest BCUT2D eigenvalue weighted by Gasteiger charge is 2.25. The normalized spacial score (nSPS) is 11.9. The lowest BCUT2D eigenvalue weighted by atomic mass is 10.1. The van der Waals surface area contributed by atoms with Gasteiger partial charge in [0, 0.05) is 13.1 Å². The fourth-order valence-corrected chi connectivity index (χ4v) is 4.42. The third-order valence-electron chi connectivity index (χ3n) is 4.54. The molecule has 33 heavy (non-hydrogen) atoms. The van der Waals surface area contributed by atoms with Crippen LogP contribution in [0.2, 0.25) is 0 Å². The Balaban J connectivity index is 0.00000265. The molecule has 0 unspecified atom stereocenters. The van der Waals surface area contributed by atoms with Crippen LogP contribution < -0.4 is 4.74 Å². The average molecular weight is 474 g/mol. The number of carboxylic acid groups (broad SMARTS) is 1. The van der Waals surface area contributed by atoms with Crippen molar-refractivity contribution >= 4 is 16.0 Å². The van der Waals surface area contributed by atoms with Gasteiger partial charge in [-0.1, -0.05) is 74.9 Å². The van der Waals surface area contributed by atoms with Crippen LogP contribution in [0.5, 0.6) is 5.75 Å². The van der Waals surface area contributed by atoms with Gasteiger partial charge in [-0.15, -0.1) is 0 Å². The van der Waals surface area contributed by atoms with E-state index in [1.54, 1.807) is 43.3 Å². The second-order valence-corrected chi connectivity index (χ2v) is 9.03. The van der Waals surface area contributed by atoms with Crippen LogP contribution in [-0.4, -0.2) is 30.4 Å². The molecule has 0 spiro atoms. The van der Waals surface area contributed by atoms with Crippen molar-refractivity contribution in [3.8, 4) is 5.75 Å². The number of allylic oxidation sites excluding steroid dienone is 3. The quantitative estimate of drug-likeness (QED) is 0.424. The molecule has 2 rings (SSSR count). The minimum atomic E-state index is -3.76. The number of carbonyl (C=O) groups is 1. The number of hydrogen-bond donors (Lipinski definition) is 1. The van der Waals surface area contributed by atoms with Gasteiger partial charge in [-0.3, -0.25) is 0 Å². The lowest BCUT2D eigenvalue weighted by Crippen LogP contribution is -2.31. The molecule has 1 N–H and O–H groups in total. The molecule has 180 valence electrons. The Bertz CT molecular complexity index is 1040. The zero-order chi connectivity index (χ0) is 24.9. The predicted molar refractivity (Wildman–Crippen MR) is 133 cm³/mol. The highest BCUT2D eigenvalue weighted by atomic mass is 32.2. The van der Waals surface area contributed by atoms with E-state index in [9.17, 15) is 13.2 Å². The van der Waals surface area contributed by atoms with E-state index in [0.717, 1.165) is 17.5 Å². The van der Waals surface area contributed by atoms with Crippen molar-refractivity contribution in [2.24, 2.45) is 0 Å². The molecule has 0 amide bonds. The summed E-state index contributed by atoms with van der Waals surface area (Å²) in [6.45, 7) is 9.51. The molecular weight excluding hydrogens is 438 g/mol. The second kappa shape index (κ2) is 14.3. The van der Waals surface area contributed by atoms with Crippen molar-refractivity contribution in [2.45, 2.75) is 54.1 Å². The van der Waals surface area contributed by atoms with E-state index in [0.29, 0.717) is 11.3 Å². The molecule has 0 aliphatic rings. The van der Waals surface area contributed by atoms with Gasteiger partial charge in [-0.05, 0) is 49.6 Å². The maximum Gasteiger partial charge on any atom is 0.341 e. The number of rotatable bonds is 11. The van der Waals surface area contributed by atoms with Gasteiger partial charge in [0.15, 0.2) is 6.61 Å². The molecule has 2 aromatic rings. The molecular formula is C26H35NO5S. The topological polar surface area (TPSA) is 83.9 Å². The molecule has 0 saturated heterocycles. The molecule has 0 bridgehead atoms. The molecule has 0 heterocycles. The van der Waals surface area contributed by atoms with Crippen LogP contribution >= 0.6 is 0 Å². The van der Waals surface area contributed by atoms with Crippen molar-refractivity contribution in [3.05, 3.63) is 88.4 Å². The monoisotopic (exact) mass is 473 g/mol. The summed E-state index contributed by atoms with van der Waals surface area (Å²) in [5.41, 5.74) is 2.68. The Morgan fingerprint density at radius 3 is 2.27 bits per heavy atom.